The Hall–Kier alpha value is -2.66. The molecule has 0 radical (unpaired) electrons. The minimum Gasteiger partial charge on any atom is -0.481 e. The number of fused-ring (bicyclic) bond motifs is 1. The van der Waals surface area contributed by atoms with Crippen LogP contribution < -0.4 is 10.1 Å². The Kier molecular flexibility index (Phi) is 4.39. The van der Waals surface area contributed by atoms with E-state index in [2.05, 4.69) is 10.3 Å². The molecule has 3 rings (SSSR count). The smallest absolute Gasteiger partial charge is 0.262 e. The molecule has 0 bridgehead atoms. The van der Waals surface area contributed by atoms with Crippen LogP contribution in [-0.2, 0) is 4.79 Å². The van der Waals surface area contributed by atoms with Crippen LogP contribution in [-0.4, -0.2) is 17.5 Å². The Morgan fingerprint density at radius 2 is 1.96 bits per heavy atom. The molecule has 0 saturated heterocycles. The summed E-state index contributed by atoms with van der Waals surface area (Å²) in [6.07, 6.45) is 1.63. The van der Waals surface area contributed by atoms with Crippen molar-refractivity contribution in [1.29, 1.82) is 0 Å². The third-order valence-corrected chi connectivity index (χ3v) is 3.50. The van der Waals surface area contributed by atoms with Crippen LogP contribution in [0.3, 0.4) is 0 Å². The lowest BCUT2D eigenvalue weighted by Gasteiger charge is -2.10. The Morgan fingerprint density at radius 1 is 1.17 bits per heavy atom. The van der Waals surface area contributed by atoms with Crippen LogP contribution in [0.5, 0.6) is 5.75 Å². The Bertz CT molecular complexity index is 853. The minimum atomic E-state index is -0.363. The first-order valence-electron chi connectivity index (χ1n) is 6.85. The van der Waals surface area contributed by atoms with E-state index in [0.29, 0.717) is 22.0 Å². The van der Waals surface area contributed by atoms with Gasteiger partial charge in [-0.3, -0.25) is 9.78 Å². The zero-order valence-corrected chi connectivity index (χ0v) is 12.7. The van der Waals surface area contributed by atoms with Crippen molar-refractivity contribution in [3.05, 3.63) is 65.6 Å². The second-order valence-corrected chi connectivity index (χ2v) is 5.20. The van der Waals surface area contributed by atoms with E-state index in [1.54, 1.807) is 24.4 Å². The molecule has 0 fully saturated rings. The van der Waals surface area contributed by atoms with Crippen molar-refractivity contribution in [3.63, 3.8) is 0 Å². The molecule has 0 aliphatic heterocycles. The topological polar surface area (TPSA) is 51.2 Å². The number of carbonyl (C=O) groups is 1. The average Bonchev–Trinajstić information content (AvgIpc) is 2.57. The summed E-state index contributed by atoms with van der Waals surface area (Å²) in [5.41, 5.74) is 1.09. The lowest BCUT2D eigenvalue weighted by Crippen LogP contribution is -2.20. The van der Waals surface area contributed by atoms with Gasteiger partial charge in [0.25, 0.3) is 5.91 Å². The predicted molar refractivity (Wildman–Crippen MR) is 87.3 cm³/mol. The standard InChI is InChI=1S/C17H12ClFN2O2/c18-14-7-8-15(17-13(14)2-1-9-20-17)23-10-16(22)21-12-5-3-11(19)4-6-12/h1-9H,10H2,(H,21,22). The van der Waals surface area contributed by atoms with E-state index in [1.807, 2.05) is 6.07 Å². The highest BCUT2D eigenvalue weighted by atomic mass is 35.5. The number of hydrogen-bond acceptors (Lipinski definition) is 3. The van der Waals surface area contributed by atoms with Gasteiger partial charge in [0, 0.05) is 17.3 Å². The highest BCUT2D eigenvalue weighted by molar-refractivity contribution is 6.35. The number of carbonyl (C=O) groups excluding carboxylic acids is 1. The van der Waals surface area contributed by atoms with Crippen LogP contribution in [0.2, 0.25) is 5.02 Å². The molecule has 0 unspecified atom stereocenters. The van der Waals surface area contributed by atoms with Crippen molar-refractivity contribution in [1.82, 2.24) is 4.98 Å². The maximum Gasteiger partial charge on any atom is 0.262 e. The number of amides is 1. The zero-order chi connectivity index (χ0) is 16.2. The number of anilines is 1. The molecule has 4 nitrogen and oxygen atoms in total. The van der Waals surface area contributed by atoms with E-state index in [1.165, 1.54) is 24.3 Å². The van der Waals surface area contributed by atoms with E-state index in [9.17, 15) is 9.18 Å². The first-order chi connectivity index (χ1) is 11.1. The second-order valence-electron chi connectivity index (χ2n) is 4.79. The van der Waals surface area contributed by atoms with Gasteiger partial charge in [0.05, 0.1) is 5.02 Å². The summed E-state index contributed by atoms with van der Waals surface area (Å²) in [6.45, 7) is -0.190. The number of nitrogens with zero attached hydrogens (tertiary/aromatic N) is 1. The first kappa shape index (κ1) is 15.2. The maximum atomic E-state index is 12.8. The fourth-order valence-electron chi connectivity index (χ4n) is 2.10. The lowest BCUT2D eigenvalue weighted by atomic mass is 10.2. The van der Waals surface area contributed by atoms with Gasteiger partial charge in [-0.25, -0.2) is 4.39 Å². The molecule has 6 heteroatoms. The van der Waals surface area contributed by atoms with Crippen molar-refractivity contribution in [3.8, 4) is 5.75 Å². The predicted octanol–water partition coefficient (Wildman–Crippen LogP) is 4.04. The Labute approximate surface area is 136 Å². The van der Waals surface area contributed by atoms with Gasteiger partial charge in [-0.05, 0) is 48.5 Å². The molecule has 0 aliphatic carbocycles. The van der Waals surface area contributed by atoms with Crippen LogP contribution in [0.4, 0.5) is 10.1 Å². The summed E-state index contributed by atoms with van der Waals surface area (Å²) in [5, 5.41) is 3.94. The van der Waals surface area contributed by atoms with Crippen molar-refractivity contribution in [2.45, 2.75) is 0 Å². The van der Waals surface area contributed by atoms with E-state index < -0.39 is 0 Å². The molecule has 23 heavy (non-hydrogen) atoms. The number of aromatic nitrogens is 1. The van der Waals surface area contributed by atoms with Crippen molar-refractivity contribution >= 4 is 34.1 Å². The van der Waals surface area contributed by atoms with Crippen molar-refractivity contribution in [2.24, 2.45) is 0 Å². The molecule has 2 aromatic carbocycles. The summed E-state index contributed by atoms with van der Waals surface area (Å²) in [6, 6.07) is 12.5. The van der Waals surface area contributed by atoms with Crippen LogP contribution >= 0.6 is 11.6 Å². The number of hydrogen-bond donors (Lipinski definition) is 1. The fraction of sp³-hybridized carbons (Fsp3) is 0.0588. The molecular formula is C17H12ClFN2O2. The number of pyridine rings is 1. The monoisotopic (exact) mass is 330 g/mol. The molecule has 1 amide bonds. The largest absolute Gasteiger partial charge is 0.481 e. The first-order valence-corrected chi connectivity index (χ1v) is 7.23. The molecule has 1 heterocycles. The molecule has 0 spiro atoms. The summed E-state index contributed by atoms with van der Waals surface area (Å²) >= 11 is 6.11. The van der Waals surface area contributed by atoms with E-state index in [-0.39, 0.29) is 18.3 Å². The third-order valence-electron chi connectivity index (χ3n) is 3.17. The van der Waals surface area contributed by atoms with Crippen molar-refractivity contribution < 1.29 is 13.9 Å². The number of nitrogens with one attached hydrogen (secondary N) is 1. The van der Waals surface area contributed by atoms with Gasteiger partial charge in [-0.15, -0.1) is 0 Å². The van der Waals surface area contributed by atoms with Gasteiger partial charge in [-0.1, -0.05) is 11.6 Å². The van der Waals surface area contributed by atoms with Gasteiger partial charge >= 0.3 is 0 Å². The second kappa shape index (κ2) is 6.62. The van der Waals surface area contributed by atoms with Crippen LogP contribution in [0.1, 0.15) is 0 Å². The van der Waals surface area contributed by atoms with Crippen LogP contribution in [0, 0.1) is 5.82 Å². The molecule has 1 aromatic heterocycles. The minimum absolute atomic E-state index is 0.190. The van der Waals surface area contributed by atoms with Gasteiger partial charge < -0.3 is 10.1 Å². The van der Waals surface area contributed by atoms with Crippen LogP contribution in [0.15, 0.2) is 54.7 Å². The maximum absolute atomic E-state index is 12.8. The van der Waals surface area contributed by atoms with Gasteiger partial charge in [-0.2, -0.15) is 0 Å². The number of benzene rings is 2. The zero-order valence-electron chi connectivity index (χ0n) is 11.9. The van der Waals surface area contributed by atoms with Gasteiger partial charge in [0.2, 0.25) is 0 Å². The summed E-state index contributed by atoms with van der Waals surface area (Å²) in [4.78, 5) is 16.1. The third kappa shape index (κ3) is 3.57. The number of ether oxygens (including phenoxy) is 1. The molecule has 116 valence electrons. The van der Waals surface area contributed by atoms with E-state index in [4.69, 9.17) is 16.3 Å². The van der Waals surface area contributed by atoms with Crippen LogP contribution in [0.25, 0.3) is 10.9 Å². The average molecular weight is 331 g/mol. The van der Waals surface area contributed by atoms with Gasteiger partial charge in [0.15, 0.2) is 6.61 Å². The highest BCUT2D eigenvalue weighted by Crippen LogP contribution is 2.29. The Morgan fingerprint density at radius 3 is 2.74 bits per heavy atom. The van der Waals surface area contributed by atoms with E-state index >= 15 is 0 Å². The molecule has 0 atom stereocenters. The molecular weight excluding hydrogens is 319 g/mol. The van der Waals surface area contributed by atoms with Gasteiger partial charge in [0.1, 0.15) is 17.1 Å². The summed E-state index contributed by atoms with van der Waals surface area (Å²) in [5.74, 6) is -0.243. The molecule has 0 saturated carbocycles. The molecule has 3 aromatic rings. The molecule has 0 aliphatic rings. The molecule has 1 N–H and O–H groups in total. The lowest BCUT2D eigenvalue weighted by molar-refractivity contribution is -0.118. The quantitative estimate of drug-likeness (QED) is 0.785. The summed E-state index contributed by atoms with van der Waals surface area (Å²) in [7, 11) is 0. The number of halogens is 2. The SMILES string of the molecule is O=C(COc1ccc(Cl)c2cccnc12)Nc1ccc(F)cc1. The normalized spacial score (nSPS) is 10.5. The summed E-state index contributed by atoms with van der Waals surface area (Å²) < 4.78 is 18.3. The van der Waals surface area contributed by atoms with Crippen molar-refractivity contribution in [2.75, 3.05) is 11.9 Å². The highest BCUT2D eigenvalue weighted by Gasteiger charge is 2.09. The van der Waals surface area contributed by atoms with E-state index in [0.717, 1.165) is 5.39 Å². The Balaban J connectivity index is 1.70. The fourth-order valence-corrected chi connectivity index (χ4v) is 2.32. The number of rotatable bonds is 4.